The summed E-state index contributed by atoms with van der Waals surface area (Å²) in [5.74, 6) is 0. The number of nitrogens with one attached hydrogen (secondary N) is 1. The fourth-order valence-corrected chi connectivity index (χ4v) is 2.44. The van der Waals surface area contributed by atoms with E-state index in [9.17, 15) is 0 Å². The van der Waals surface area contributed by atoms with Crippen LogP contribution in [0.25, 0.3) is 0 Å². The number of pyridine rings is 1. The highest BCUT2D eigenvalue weighted by atomic mass is 16.7. The Morgan fingerprint density at radius 2 is 2.10 bits per heavy atom. The number of aromatic nitrogens is 1. The van der Waals surface area contributed by atoms with Crippen LogP contribution in [0.3, 0.4) is 0 Å². The molecule has 1 aromatic heterocycles. The molecule has 0 spiro atoms. The van der Waals surface area contributed by atoms with E-state index in [0.29, 0.717) is 0 Å². The summed E-state index contributed by atoms with van der Waals surface area (Å²) in [6, 6.07) is 12.6. The van der Waals surface area contributed by atoms with Gasteiger partial charge >= 0.3 is 0 Å². The Morgan fingerprint density at radius 1 is 1.24 bits per heavy atom. The lowest BCUT2D eigenvalue weighted by Gasteiger charge is -2.23. The van der Waals surface area contributed by atoms with Crippen LogP contribution in [0.1, 0.15) is 17.2 Å². The third-order valence-corrected chi connectivity index (χ3v) is 3.58. The molecule has 2 heterocycles. The first-order chi connectivity index (χ1) is 10.3. The van der Waals surface area contributed by atoms with Crippen LogP contribution in [0.15, 0.2) is 61.1 Å². The molecule has 1 unspecified atom stereocenters. The molecule has 3 rings (SSSR count). The number of aryl methyl sites for hydroxylation is 1. The molecule has 1 aliphatic rings. The normalized spacial score (nSPS) is 17.7. The number of rotatable bonds is 5. The zero-order chi connectivity index (χ0) is 14.5. The Balaban J connectivity index is 1.57. The molecule has 4 heteroatoms. The van der Waals surface area contributed by atoms with Gasteiger partial charge in [0, 0.05) is 24.6 Å². The summed E-state index contributed by atoms with van der Waals surface area (Å²) in [7, 11) is 0. The van der Waals surface area contributed by atoms with Crippen molar-refractivity contribution in [2.75, 3.05) is 18.4 Å². The fraction of sp³-hybridized carbons (Fsp3) is 0.235. The first-order valence-electron chi connectivity index (χ1n) is 7.14. The van der Waals surface area contributed by atoms with E-state index in [1.807, 2.05) is 23.4 Å². The van der Waals surface area contributed by atoms with Gasteiger partial charge in [-0.2, -0.15) is 0 Å². The largest absolute Gasteiger partial charge is 0.413 e. The number of hydroxylamine groups is 2. The number of benzene rings is 1. The van der Waals surface area contributed by atoms with E-state index in [-0.39, 0.29) is 6.04 Å². The van der Waals surface area contributed by atoms with Gasteiger partial charge < -0.3 is 10.2 Å². The van der Waals surface area contributed by atoms with Gasteiger partial charge in [-0.15, -0.1) is 5.06 Å². The zero-order valence-electron chi connectivity index (χ0n) is 12.1. The van der Waals surface area contributed by atoms with E-state index < -0.39 is 0 Å². The van der Waals surface area contributed by atoms with Gasteiger partial charge in [0.2, 0.25) is 0 Å². The van der Waals surface area contributed by atoms with Crippen LogP contribution in [0.2, 0.25) is 0 Å². The van der Waals surface area contributed by atoms with Crippen molar-refractivity contribution in [3.63, 3.8) is 0 Å². The van der Waals surface area contributed by atoms with E-state index in [1.54, 1.807) is 12.5 Å². The first kappa shape index (κ1) is 13.6. The molecule has 4 nitrogen and oxygen atoms in total. The first-order valence-corrected chi connectivity index (χ1v) is 7.14. The van der Waals surface area contributed by atoms with Gasteiger partial charge in [-0.1, -0.05) is 30.3 Å². The summed E-state index contributed by atoms with van der Waals surface area (Å²) >= 11 is 0. The maximum atomic E-state index is 5.59. The Morgan fingerprint density at radius 3 is 2.90 bits per heavy atom. The molecule has 1 aromatic carbocycles. The standard InChI is InChI=1S/C17H19N3O/c1-14-13-18-9-7-16(14)19-10-11-20-17(8-12-21-20)15-5-3-2-4-6-15/h2-9,12-13,17H,10-11H2,1H3,(H,18,19). The third-order valence-electron chi connectivity index (χ3n) is 3.58. The van der Waals surface area contributed by atoms with Crippen molar-refractivity contribution in [2.45, 2.75) is 13.0 Å². The van der Waals surface area contributed by atoms with Crippen molar-refractivity contribution in [2.24, 2.45) is 0 Å². The third kappa shape index (κ3) is 3.23. The number of hydrogen-bond donors (Lipinski definition) is 1. The lowest BCUT2D eigenvalue weighted by atomic mass is 10.1. The maximum Gasteiger partial charge on any atom is 0.109 e. The average molecular weight is 281 g/mol. The Hall–Kier alpha value is -2.33. The summed E-state index contributed by atoms with van der Waals surface area (Å²) < 4.78 is 0. The van der Waals surface area contributed by atoms with E-state index in [0.717, 1.165) is 24.3 Å². The number of anilines is 1. The topological polar surface area (TPSA) is 37.4 Å². The quantitative estimate of drug-likeness (QED) is 0.912. The minimum atomic E-state index is 0.187. The van der Waals surface area contributed by atoms with E-state index in [2.05, 4.69) is 47.6 Å². The van der Waals surface area contributed by atoms with Gasteiger partial charge in [0.1, 0.15) is 6.26 Å². The van der Waals surface area contributed by atoms with Gasteiger partial charge in [-0.05, 0) is 30.2 Å². The summed E-state index contributed by atoms with van der Waals surface area (Å²) in [6.45, 7) is 3.67. The van der Waals surface area contributed by atoms with Crippen LogP contribution in [0.5, 0.6) is 0 Å². The monoisotopic (exact) mass is 281 g/mol. The molecule has 2 aromatic rings. The Labute approximate surface area is 125 Å². The highest BCUT2D eigenvalue weighted by Gasteiger charge is 2.22. The molecule has 0 radical (unpaired) electrons. The highest BCUT2D eigenvalue weighted by molar-refractivity contribution is 5.48. The predicted molar refractivity (Wildman–Crippen MR) is 83.6 cm³/mol. The van der Waals surface area contributed by atoms with Crippen molar-refractivity contribution in [3.05, 3.63) is 72.3 Å². The number of hydrogen-bond acceptors (Lipinski definition) is 4. The molecule has 0 amide bonds. The maximum absolute atomic E-state index is 5.59. The highest BCUT2D eigenvalue weighted by Crippen LogP contribution is 2.26. The molecule has 21 heavy (non-hydrogen) atoms. The SMILES string of the molecule is Cc1cnccc1NCCN1OC=CC1c1ccccc1. The van der Waals surface area contributed by atoms with Crippen LogP contribution in [-0.4, -0.2) is 23.1 Å². The molecular weight excluding hydrogens is 262 g/mol. The number of nitrogens with zero attached hydrogens (tertiary/aromatic N) is 2. The van der Waals surface area contributed by atoms with Crippen molar-refractivity contribution < 1.29 is 4.84 Å². The lowest BCUT2D eigenvalue weighted by Crippen LogP contribution is -2.28. The molecule has 1 atom stereocenters. The Bertz CT molecular complexity index is 612. The van der Waals surface area contributed by atoms with Crippen LogP contribution < -0.4 is 5.32 Å². The van der Waals surface area contributed by atoms with E-state index in [1.165, 1.54) is 5.56 Å². The summed E-state index contributed by atoms with van der Waals surface area (Å²) in [6.07, 6.45) is 7.50. The van der Waals surface area contributed by atoms with Crippen molar-refractivity contribution in [1.82, 2.24) is 10.0 Å². The summed E-state index contributed by atoms with van der Waals surface area (Å²) in [5, 5.41) is 5.41. The van der Waals surface area contributed by atoms with Crippen molar-refractivity contribution >= 4 is 5.69 Å². The molecule has 0 bridgehead atoms. The summed E-state index contributed by atoms with van der Waals surface area (Å²) in [4.78, 5) is 9.69. The smallest absolute Gasteiger partial charge is 0.109 e. The molecule has 0 saturated carbocycles. The molecule has 1 aliphatic heterocycles. The van der Waals surface area contributed by atoms with E-state index in [4.69, 9.17) is 4.84 Å². The lowest BCUT2D eigenvalue weighted by molar-refractivity contribution is -0.101. The molecule has 1 N–H and O–H groups in total. The van der Waals surface area contributed by atoms with Gasteiger partial charge in [-0.3, -0.25) is 4.98 Å². The summed E-state index contributed by atoms with van der Waals surface area (Å²) in [5.41, 5.74) is 3.51. The second kappa shape index (κ2) is 6.41. The zero-order valence-corrected chi connectivity index (χ0v) is 12.1. The molecular formula is C17H19N3O. The minimum Gasteiger partial charge on any atom is -0.413 e. The van der Waals surface area contributed by atoms with Crippen LogP contribution in [0.4, 0.5) is 5.69 Å². The predicted octanol–water partition coefficient (Wildman–Crippen LogP) is 3.30. The van der Waals surface area contributed by atoms with Crippen LogP contribution >= 0.6 is 0 Å². The molecule has 108 valence electrons. The van der Waals surface area contributed by atoms with Gasteiger partial charge in [0.25, 0.3) is 0 Å². The van der Waals surface area contributed by atoms with Crippen LogP contribution in [0, 0.1) is 6.92 Å². The molecule has 0 aliphatic carbocycles. The fourth-order valence-electron chi connectivity index (χ4n) is 2.44. The van der Waals surface area contributed by atoms with Crippen molar-refractivity contribution in [1.29, 1.82) is 0 Å². The van der Waals surface area contributed by atoms with Crippen molar-refractivity contribution in [3.8, 4) is 0 Å². The van der Waals surface area contributed by atoms with Gasteiger partial charge in [-0.25, -0.2) is 0 Å². The minimum absolute atomic E-state index is 0.187. The van der Waals surface area contributed by atoms with Gasteiger partial charge in [0.15, 0.2) is 0 Å². The Kier molecular flexibility index (Phi) is 4.17. The molecule has 0 fully saturated rings. The van der Waals surface area contributed by atoms with Crippen LogP contribution in [-0.2, 0) is 4.84 Å². The second-order valence-corrected chi connectivity index (χ2v) is 5.05. The second-order valence-electron chi connectivity index (χ2n) is 5.05. The van der Waals surface area contributed by atoms with Gasteiger partial charge in [0.05, 0.1) is 12.6 Å². The average Bonchev–Trinajstić information content (AvgIpc) is 2.99. The van der Waals surface area contributed by atoms with E-state index >= 15 is 0 Å². The molecule has 0 saturated heterocycles.